The van der Waals surface area contributed by atoms with Gasteiger partial charge in [0.1, 0.15) is 5.75 Å². The maximum absolute atomic E-state index is 12.4. The molecule has 146 valence electrons. The molecule has 0 radical (unpaired) electrons. The third-order valence-corrected chi connectivity index (χ3v) is 5.69. The monoisotopic (exact) mass is 390 g/mol. The Kier molecular flexibility index (Phi) is 7.38. The maximum Gasteiger partial charge on any atom is 0.265 e. The minimum atomic E-state index is -3.57. The number of anilines is 1. The van der Waals surface area contributed by atoms with E-state index < -0.39 is 16.1 Å². The molecule has 2 unspecified atom stereocenters. The number of amides is 1. The summed E-state index contributed by atoms with van der Waals surface area (Å²) in [5, 5.41) is 2.76. The van der Waals surface area contributed by atoms with Crippen LogP contribution in [-0.2, 0) is 14.8 Å². The molecule has 2 aromatic carbocycles. The predicted octanol–water partition coefficient (Wildman–Crippen LogP) is 3.56. The Bertz CT molecular complexity index is 836. The Labute approximate surface area is 161 Å². The zero-order valence-corrected chi connectivity index (χ0v) is 16.6. The van der Waals surface area contributed by atoms with E-state index in [-0.39, 0.29) is 16.8 Å². The zero-order chi connectivity index (χ0) is 19.9. The van der Waals surface area contributed by atoms with E-state index in [1.54, 1.807) is 24.3 Å². The van der Waals surface area contributed by atoms with Crippen molar-refractivity contribution < 1.29 is 17.9 Å². The van der Waals surface area contributed by atoms with E-state index in [0.29, 0.717) is 24.3 Å². The summed E-state index contributed by atoms with van der Waals surface area (Å²) in [4.78, 5) is 12.6. The lowest BCUT2D eigenvalue weighted by Gasteiger charge is -2.17. The Morgan fingerprint density at radius 1 is 1.00 bits per heavy atom. The molecule has 0 aliphatic rings. The summed E-state index contributed by atoms with van der Waals surface area (Å²) in [6, 6.07) is 15.1. The molecule has 0 aliphatic heterocycles. The molecule has 0 aromatic heterocycles. The van der Waals surface area contributed by atoms with E-state index in [0.717, 1.165) is 0 Å². The van der Waals surface area contributed by atoms with E-state index in [9.17, 15) is 13.2 Å². The van der Waals surface area contributed by atoms with Crippen LogP contribution in [0.15, 0.2) is 59.5 Å². The minimum Gasteiger partial charge on any atom is -0.481 e. The number of hydrogen-bond acceptors (Lipinski definition) is 4. The zero-order valence-electron chi connectivity index (χ0n) is 15.8. The summed E-state index contributed by atoms with van der Waals surface area (Å²) in [6.45, 7) is 5.58. The summed E-state index contributed by atoms with van der Waals surface area (Å²) >= 11 is 0. The number of para-hydroxylation sites is 1. The lowest BCUT2D eigenvalue weighted by Crippen LogP contribution is -2.32. The van der Waals surface area contributed by atoms with Crippen molar-refractivity contribution in [2.75, 3.05) is 5.32 Å². The van der Waals surface area contributed by atoms with Crippen molar-refractivity contribution in [2.24, 2.45) is 0 Å². The summed E-state index contributed by atoms with van der Waals surface area (Å²) in [6.07, 6.45) is 0.571. The summed E-state index contributed by atoms with van der Waals surface area (Å²) in [5.74, 6) is 0.340. The van der Waals surface area contributed by atoms with Crippen LogP contribution in [0.3, 0.4) is 0 Å². The first kappa shape index (κ1) is 20.9. The van der Waals surface area contributed by atoms with Crippen molar-refractivity contribution >= 4 is 21.6 Å². The lowest BCUT2D eigenvalue weighted by molar-refractivity contribution is -0.122. The van der Waals surface area contributed by atoms with Gasteiger partial charge >= 0.3 is 0 Å². The number of sulfonamides is 1. The van der Waals surface area contributed by atoms with Gasteiger partial charge in [0.25, 0.3) is 5.91 Å². The van der Waals surface area contributed by atoms with Crippen LogP contribution >= 0.6 is 0 Å². The fraction of sp³-hybridized carbons (Fsp3) is 0.350. The number of ether oxygens (including phenoxy) is 1. The van der Waals surface area contributed by atoms with E-state index in [1.165, 1.54) is 12.1 Å². The van der Waals surface area contributed by atoms with Gasteiger partial charge in [-0.15, -0.1) is 0 Å². The van der Waals surface area contributed by atoms with Crippen LogP contribution in [0.5, 0.6) is 5.75 Å². The minimum absolute atomic E-state index is 0.144. The molecule has 0 bridgehead atoms. The predicted molar refractivity (Wildman–Crippen MR) is 106 cm³/mol. The van der Waals surface area contributed by atoms with Gasteiger partial charge in [-0.3, -0.25) is 4.79 Å². The first-order chi connectivity index (χ1) is 12.9. The summed E-state index contributed by atoms with van der Waals surface area (Å²) < 4.78 is 32.9. The molecule has 1 amide bonds. The van der Waals surface area contributed by atoms with E-state index in [2.05, 4.69) is 10.0 Å². The molecule has 0 fully saturated rings. The fourth-order valence-corrected chi connectivity index (χ4v) is 3.67. The molecule has 6 nitrogen and oxygen atoms in total. The molecule has 0 aliphatic carbocycles. The highest BCUT2D eigenvalue weighted by Crippen LogP contribution is 2.17. The Balaban J connectivity index is 2.03. The van der Waals surface area contributed by atoms with Crippen molar-refractivity contribution in [1.29, 1.82) is 0 Å². The number of benzene rings is 2. The van der Waals surface area contributed by atoms with Gasteiger partial charge < -0.3 is 10.1 Å². The Morgan fingerprint density at radius 2 is 1.63 bits per heavy atom. The van der Waals surface area contributed by atoms with Gasteiger partial charge in [-0.2, -0.15) is 0 Å². The highest BCUT2D eigenvalue weighted by Gasteiger charge is 2.20. The quantitative estimate of drug-likeness (QED) is 0.686. The molecule has 2 N–H and O–H groups in total. The van der Waals surface area contributed by atoms with Gasteiger partial charge in [-0.25, -0.2) is 13.1 Å². The second-order valence-electron chi connectivity index (χ2n) is 6.27. The molecule has 7 heteroatoms. The second kappa shape index (κ2) is 9.53. The molecule has 0 heterocycles. The van der Waals surface area contributed by atoms with Crippen molar-refractivity contribution in [1.82, 2.24) is 4.72 Å². The molecule has 0 saturated carbocycles. The molecule has 0 saturated heterocycles. The Morgan fingerprint density at radius 3 is 2.19 bits per heavy atom. The van der Waals surface area contributed by atoms with Crippen molar-refractivity contribution in [3.05, 3.63) is 54.6 Å². The van der Waals surface area contributed by atoms with Crippen LogP contribution in [0.25, 0.3) is 0 Å². The first-order valence-corrected chi connectivity index (χ1v) is 10.5. The fourth-order valence-electron chi connectivity index (χ4n) is 2.34. The maximum atomic E-state index is 12.4. The molecule has 2 aromatic rings. The summed E-state index contributed by atoms with van der Waals surface area (Å²) in [5.41, 5.74) is 0.512. The standard InChI is InChI=1S/C20H26N2O4S/c1-4-15(3)22-27(24,25)18-13-11-16(12-14-18)21-20(23)19(5-2)26-17-9-7-6-8-10-17/h6-15,19,22H,4-5H2,1-3H3,(H,21,23). The average Bonchev–Trinajstić information content (AvgIpc) is 2.66. The van der Waals surface area contributed by atoms with E-state index >= 15 is 0 Å². The molecule has 2 atom stereocenters. The third-order valence-electron chi connectivity index (χ3n) is 4.09. The number of carbonyl (C=O) groups excluding carboxylic acids is 1. The largest absolute Gasteiger partial charge is 0.481 e. The van der Waals surface area contributed by atoms with Crippen molar-refractivity contribution in [3.8, 4) is 5.75 Å². The summed E-state index contributed by atoms with van der Waals surface area (Å²) in [7, 11) is -3.57. The van der Waals surface area contributed by atoms with Crippen LogP contribution in [0.4, 0.5) is 5.69 Å². The van der Waals surface area contributed by atoms with E-state index in [4.69, 9.17) is 4.74 Å². The molecule has 2 rings (SSSR count). The normalized spacial score (nSPS) is 13.6. The number of nitrogens with one attached hydrogen (secondary N) is 2. The second-order valence-corrected chi connectivity index (χ2v) is 7.99. The van der Waals surface area contributed by atoms with Gasteiger partial charge in [0.15, 0.2) is 6.10 Å². The molecule has 0 spiro atoms. The van der Waals surface area contributed by atoms with Crippen LogP contribution in [0, 0.1) is 0 Å². The highest BCUT2D eigenvalue weighted by atomic mass is 32.2. The number of hydrogen-bond donors (Lipinski definition) is 2. The van der Waals surface area contributed by atoms with Gasteiger partial charge in [0.2, 0.25) is 10.0 Å². The highest BCUT2D eigenvalue weighted by molar-refractivity contribution is 7.89. The smallest absolute Gasteiger partial charge is 0.265 e. The third kappa shape index (κ3) is 6.08. The topological polar surface area (TPSA) is 84.5 Å². The first-order valence-electron chi connectivity index (χ1n) is 9.00. The van der Waals surface area contributed by atoms with Crippen molar-refractivity contribution in [2.45, 2.75) is 50.7 Å². The van der Waals surface area contributed by atoms with Gasteiger partial charge in [-0.1, -0.05) is 32.0 Å². The average molecular weight is 391 g/mol. The number of rotatable bonds is 9. The number of carbonyl (C=O) groups is 1. The van der Waals surface area contributed by atoms with Crippen molar-refractivity contribution in [3.63, 3.8) is 0 Å². The van der Waals surface area contributed by atoms with Gasteiger partial charge in [0.05, 0.1) is 4.90 Å². The molecule has 27 heavy (non-hydrogen) atoms. The molecular formula is C20H26N2O4S. The van der Waals surface area contributed by atoms with Crippen LogP contribution in [-0.4, -0.2) is 26.5 Å². The SMILES string of the molecule is CCC(C)NS(=O)(=O)c1ccc(NC(=O)C(CC)Oc2ccccc2)cc1. The van der Waals surface area contributed by atoms with Gasteiger partial charge in [-0.05, 0) is 56.2 Å². The Hall–Kier alpha value is -2.38. The lowest BCUT2D eigenvalue weighted by atomic mass is 10.2. The van der Waals surface area contributed by atoms with Crippen LogP contribution < -0.4 is 14.8 Å². The molecular weight excluding hydrogens is 364 g/mol. The van der Waals surface area contributed by atoms with Gasteiger partial charge in [0, 0.05) is 11.7 Å². The van der Waals surface area contributed by atoms with Crippen LogP contribution in [0.1, 0.15) is 33.6 Å². The van der Waals surface area contributed by atoms with Crippen LogP contribution in [0.2, 0.25) is 0 Å². The van der Waals surface area contributed by atoms with E-state index in [1.807, 2.05) is 39.0 Å².